The molecule has 0 bridgehead atoms. The second kappa shape index (κ2) is 9.16. The molecule has 1 heterocycles. The van der Waals surface area contributed by atoms with E-state index in [0.29, 0.717) is 12.5 Å². The Hall–Kier alpha value is -0.820. The zero-order chi connectivity index (χ0) is 13.2. The van der Waals surface area contributed by atoms with E-state index in [1.54, 1.807) is 0 Å². The van der Waals surface area contributed by atoms with Gasteiger partial charge in [-0.3, -0.25) is 5.43 Å². The van der Waals surface area contributed by atoms with Crippen molar-refractivity contribution in [3.63, 3.8) is 0 Å². The Bertz CT molecular complexity index is 370. The summed E-state index contributed by atoms with van der Waals surface area (Å²) >= 11 is 7.36. The summed E-state index contributed by atoms with van der Waals surface area (Å²) in [6.45, 7) is 4.80. The number of rotatable bonds is 7. The van der Waals surface area contributed by atoms with Gasteiger partial charge in [-0.1, -0.05) is 11.6 Å². The highest BCUT2D eigenvalue weighted by Crippen LogP contribution is 2.21. The van der Waals surface area contributed by atoms with E-state index in [-0.39, 0.29) is 0 Å². The first-order chi connectivity index (χ1) is 8.76. The molecule has 0 aromatic carbocycles. The lowest BCUT2D eigenvalue weighted by Gasteiger charge is -2.08. The van der Waals surface area contributed by atoms with Crippen molar-refractivity contribution in [2.45, 2.75) is 19.9 Å². The zero-order valence-corrected chi connectivity index (χ0v) is 12.0. The number of nitrogens with two attached hydrogens (primary N) is 1. The predicted molar refractivity (Wildman–Crippen MR) is 76.9 cm³/mol. The SMILES string of the molecule is CCOCCCNC(=NCc1ccc(Cl)s1)NN. The normalized spacial score (nSPS) is 11.6. The van der Waals surface area contributed by atoms with Gasteiger partial charge in [0.2, 0.25) is 5.96 Å². The van der Waals surface area contributed by atoms with Crippen molar-refractivity contribution >= 4 is 28.9 Å². The Labute approximate surface area is 116 Å². The number of ether oxygens (including phenoxy) is 1. The van der Waals surface area contributed by atoms with E-state index in [4.69, 9.17) is 22.2 Å². The van der Waals surface area contributed by atoms with Crippen LogP contribution in [0.4, 0.5) is 0 Å². The van der Waals surface area contributed by atoms with Crippen molar-refractivity contribution in [1.82, 2.24) is 10.7 Å². The van der Waals surface area contributed by atoms with E-state index in [1.807, 2.05) is 19.1 Å². The Kier molecular flexibility index (Phi) is 7.75. The van der Waals surface area contributed by atoms with Crippen LogP contribution >= 0.6 is 22.9 Å². The van der Waals surface area contributed by atoms with Crippen molar-refractivity contribution in [2.75, 3.05) is 19.8 Å². The molecule has 4 N–H and O–H groups in total. The first-order valence-electron chi connectivity index (χ1n) is 5.83. The van der Waals surface area contributed by atoms with E-state index < -0.39 is 0 Å². The van der Waals surface area contributed by atoms with Gasteiger partial charge in [0, 0.05) is 24.6 Å². The molecule has 0 aliphatic heterocycles. The first kappa shape index (κ1) is 15.2. The van der Waals surface area contributed by atoms with Crippen LogP contribution in [-0.4, -0.2) is 25.7 Å². The molecule has 0 saturated heterocycles. The summed E-state index contributed by atoms with van der Waals surface area (Å²) in [6.07, 6.45) is 0.916. The van der Waals surface area contributed by atoms with Crippen molar-refractivity contribution in [2.24, 2.45) is 10.8 Å². The molecule has 0 atom stereocenters. The zero-order valence-electron chi connectivity index (χ0n) is 10.4. The Morgan fingerprint density at radius 3 is 3.00 bits per heavy atom. The molecule has 0 unspecified atom stereocenters. The average Bonchev–Trinajstić information content (AvgIpc) is 2.78. The second-order valence-electron chi connectivity index (χ2n) is 3.49. The third-order valence-electron chi connectivity index (χ3n) is 2.12. The standard InChI is InChI=1S/C11H19ClN4OS/c1-2-17-7-3-6-14-11(16-13)15-8-9-4-5-10(12)18-9/h4-5H,2-3,6-8,13H2,1H3,(H2,14,15,16). The lowest BCUT2D eigenvalue weighted by atomic mass is 10.4. The van der Waals surface area contributed by atoms with Gasteiger partial charge in [-0.15, -0.1) is 11.3 Å². The van der Waals surface area contributed by atoms with E-state index in [1.165, 1.54) is 11.3 Å². The molecule has 102 valence electrons. The topological polar surface area (TPSA) is 71.7 Å². The molecule has 1 rings (SSSR count). The van der Waals surface area contributed by atoms with Crippen LogP contribution in [0.5, 0.6) is 0 Å². The number of aliphatic imine (C=N–C) groups is 1. The third kappa shape index (κ3) is 6.20. The van der Waals surface area contributed by atoms with Gasteiger partial charge < -0.3 is 10.1 Å². The van der Waals surface area contributed by atoms with Gasteiger partial charge in [-0.2, -0.15) is 0 Å². The molecule has 7 heteroatoms. The highest BCUT2D eigenvalue weighted by Gasteiger charge is 1.99. The smallest absolute Gasteiger partial charge is 0.206 e. The summed E-state index contributed by atoms with van der Waals surface area (Å²) < 4.78 is 6.01. The van der Waals surface area contributed by atoms with Gasteiger partial charge in [-0.05, 0) is 25.5 Å². The average molecular weight is 291 g/mol. The molecule has 0 fully saturated rings. The van der Waals surface area contributed by atoms with Crippen LogP contribution in [0.2, 0.25) is 4.34 Å². The summed E-state index contributed by atoms with van der Waals surface area (Å²) in [6, 6.07) is 3.82. The molecule has 5 nitrogen and oxygen atoms in total. The van der Waals surface area contributed by atoms with Crippen molar-refractivity contribution in [1.29, 1.82) is 0 Å². The number of hydrazine groups is 1. The van der Waals surface area contributed by atoms with Gasteiger partial charge in [0.05, 0.1) is 10.9 Å². The van der Waals surface area contributed by atoms with E-state index in [9.17, 15) is 0 Å². The lowest BCUT2D eigenvalue weighted by Crippen LogP contribution is -2.42. The van der Waals surface area contributed by atoms with E-state index in [2.05, 4.69) is 15.7 Å². The van der Waals surface area contributed by atoms with Crippen LogP contribution < -0.4 is 16.6 Å². The lowest BCUT2D eigenvalue weighted by molar-refractivity contribution is 0.145. The third-order valence-corrected chi connectivity index (χ3v) is 3.34. The minimum Gasteiger partial charge on any atom is -0.382 e. The van der Waals surface area contributed by atoms with Crippen LogP contribution in [0.25, 0.3) is 0 Å². The number of nitrogens with one attached hydrogen (secondary N) is 2. The molecule has 1 aromatic rings. The number of nitrogens with zero attached hydrogens (tertiary/aromatic N) is 1. The number of thiophene rings is 1. The van der Waals surface area contributed by atoms with Crippen LogP contribution in [0, 0.1) is 0 Å². The maximum Gasteiger partial charge on any atom is 0.206 e. The maximum absolute atomic E-state index is 5.84. The van der Waals surface area contributed by atoms with E-state index >= 15 is 0 Å². The van der Waals surface area contributed by atoms with Crippen LogP contribution in [0.15, 0.2) is 17.1 Å². The highest BCUT2D eigenvalue weighted by molar-refractivity contribution is 7.16. The molecule has 0 spiro atoms. The maximum atomic E-state index is 5.84. The summed E-state index contributed by atoms with van der Waals surface area (Å²) in [5.74, 6) is 5.97. The van der Waals surface area contributed by atoms with Gasteiger partial charge in [0.25, 0.3) is 0 Å². The molecule has 18 heavy (non-hydrogen) atoms. The largest absolute Gasteiger partial charge is 0.382 e. The van der Waals surface area contributed by atoms with Crippen molar-refractivity contribution in [3.05, 3.63) is 21.3 Å². The fourth-order valence-corrected chi connectivity index (χ4v) is 2.28. The minimum atomic E-state index is 0.565. The molecule has 0 amide bonds. The monoisotopic (exact) mass is 290 g/mol. The van der Waals surface area contributed by atoms with Crippen LogP contribution in [0.3, 0.4) is 0 Å². The summed E-state index contributed by atoms with van der Waals surface area (Å²) in [7, 11) is 0. The van der Waals surface area contributed by atoms with Crippen LogP contribution in [0.1, 0.15) is 18.2 Å². The Morgan fingerprint density at radius 2 is 2.39 bits per heavy atom. The minimum absolute atomic E-state index is 0.565. The summed E-state index contributed by atoms with van der Waals surface area (Å²) in [4.78, 5) is 5.42. The molecular weight excluding hydrogens is 272 g/mol. The molecule has 0 aliphatic rings. The predicted octanol–water partition coefficient (Wildman–Crippen LogP) is 1.74. The Balaban J connectivity index is 2.27. The summed E-state index contributed by atoms with van der Waals surface area (Å²) in [5, 5.41) is 3.11. The summed E-state index contributed by atoms with van der Waals surface area (Å²) in [5.41, 5.74) is 2.54. The number of guanidine groups is 1. The molecular formula is C11H19ClN4OS. The number of halogens is 1. The molecule has 1 aromatic heterocycles. The molecule has 0 aliphatic carbocycles. The van der Waals surface area contributed by atoms with Crippen molar-refractivity contribution < 1.29 is 4.74 Å². The number of hydrogen-bond donors (Lipinski definition) is 3. The Morgan fingerprint density at radius 1 is 1.56 bits per heavy atom. The van der Waals surface area contributed by atoms with Crippen LogP contribution in [-0.2, 0) is 11.3 Å². The highest BCUT2D eigenvalue weighted by atomic mass is 35.5. The molecule has 0 radical (unpaired) electrons. The fraction of sp³-hybridized carbons (Fsp3) is 0.545. The second-order valence-corrected chi connectivity index (χ2v) is 5.29. The van der Waals surface area contributed by atoms with Gasteiger partial charge >= 0.3 is 0 Å². The van der Waals surface area contributed by atoms with Gasteiger partial charge in [0.15, 0.2) is 0 Å². The van der Waals surface area contributed by atoms with E-state index in [0.717, 1.165) is 35.4 Å². The first-order valence-corrected chi connectivity index (χ1v) is 7.02. The number of hydrogen-bond acceptors (Lipinski definition) is 4. The fourth-order valence-electron chi connectivity index (χ4n) is 1.27. The molecule has 0 saturated carbocycles. The van der Waals surface area contributed by atoms with Crippen molar-refractivity contribution in [3.8, 4) is 0 Å². The van der Waals surface area contributed by atoms with Gasteiger partial charge in [-0.25, -0.2) is 10.8 Å². The van der Waals surface area contributed by atoms with Gasteiger partial charge in [0.1, 0.15) is 0 Å². The quantitative estimate of drug-likeness (QED) is 0.235.